The van der Waals surface area contributed by atoms with Crippen LogP contribution in [0.5, 0.6) is 5.88 Å². The monoisotopic (exact) mass is 276 g/mol. The number of nitrogens with zero attached hydrogens (tertiary/aromatic N) is 3. The Labute approximate surface area is 117 Å². The highest BCUT2D eigenvalue weighted by Crippen LogP contribution is 2.26. The summed E-state index contributed by atoms with van der Waals surface area (Å²) in [6.45, 7) is 2.74. The van der Waals surface area contributed by atoms with E-state index in [1.807, 2.05) is 6.92 Å². The van der Waals surface area contributed by atoms with Crippen LogP contribution in [0, 0.1) is 5.82 Å². The number of nitrogens with one attached hydrogen (secondary N) is 1. The Balaban J connectivity index is 2.44. The summed E-state index contributed by atoms with van der Waals surface area (Å²) in [7, 11) is 1.51. The first-order valence-electron chi connectivity index (χ1n) is 6.46. The molecule has 0 radical (unpaired) electrons. The lowest BCUT2D eigenvalue weighted by molar-refractivity contribution is 0.380. The highest BCUT2D eigenvalue weighted by molar-refractivity contribution is 5.29. The summed E-state index contributed by atoms with van der Waals surface area (Å²) < 4.78 is 19.2. The number of aromatic nitrogens is 3. The fraction of sp³-hybridized carbons (Fsp3) is 0.357. The molecule has 106 valence electrons. The third-order valence-corrected chi connectivity index (χ3v) is 2.82. The van der Waals surface area contributed by atoms with Crippen LogP contribution < -0.4 is 10.1 Å². The maximum absolute atomic E-state index is 14.0. The van der Waals surface area contributed by atoms with Crippen LogP contribution in [0.3, 0.4) is 0 Å². The van der Waals surface area contributed by atoms with E-state index < -0.39 is 6.04 Å². The zero-order chi connectivity index (χ0) is 14.4. The van der Waals surface area contributed by atoms with Crippen molar-refractivity contribution < 1.29 is 9.13 Å². The van der Waals surface area contributed by atoms with Crippen molar-refractivity contribution in [2.75, 3.05) is 13.7 Å². The molecule has 0 bridgehead atoms. The largest absolute Gasteiger partial charge is 0.480 e. The number of ether oxygens (including phenoxy) is 1. The van der Waals surface area contributed by atoms with E-state index in [0.717, 1.165) is 6.42 Å². The van der Waals surface area contributed by atoms with E-state index in [1.165, 1.54) is 19.4 Å². The molecule has 1 N–H and O–H groups in total. The highest BCUT2D eigenvalue weighted by Gasteiger charge is 2.24. The van der Waals surface area contributed by atoms with Crippen molar-refractivity contribution in [1.29, 1.82) is 0 Å². The lowest BCUT2D eigenvalue weighted by atomic mass is 10.1. The summed E-state index contributed by atoms with van der Waals surface area (Å²) in [5, 5.41) is 3.23. The Kier molecular flexibility index (Phi) is 4.95. The van der Waals surface area contributed by atoms with Gasteiger partial charge in [0.2, 0.25) is 5.88 Å². The molecule has 0 fully saturated rings. The average molecular weight is 276 g/mol. The Bertz CT molecular complexity index is 564. The van der Waals surface area contributed by atoms with Crippen LogP contribution in [0.25, 0.3) is 0 Å². The van der Waals surface area contributed by atoms with Gasteiger partial charge in [0.15, 0.2) is 0 Å². The lowest BCUT2D eigenvalue weighted by Gasteiger charge is -2.19. The Morgan fingerprint density at radius 1 is 1.20 bits per heavy atom. The molecule has 1 atom stereocenters. The zero-order valence-electron chi connectivity index (χ0n) is 11.5. The molecule has 0 amide bonds. The van der Waals surface area contributed by atoms with E-state index in [1.54, 1.807) is 18.5 Å². The van der Waals surface area contributed by atoms with Gasteiger partial charge in [0.05, 0.1) is 12.8 Å². The molecule has 2 heterocycles. The standard InChI is InChI=1S/C14H17FN4O/c1-3-6-16-12(11-10(15)5-4-7-17-11)13-14(20-2)19-9-8-18-13/h4-5,7-9,12,16H,3,6H2,1-2H3. The minimum atomic E-state index is -0.486. The van der Waals surface area contributed by atoms with Crippen molar-refractivity contribution in [3.05, 3.63) is 47.9 Å². The van der Waals surface area contributed by atoms with E-state index in [-0.39, 0.29) is 5.82 Å². The number of halogens is 1. The molecule has 0 aliphatic heterocycles. The summed E-state index contributed by atoms with van der Waals surface area (Å²) in [6.07, 6.45) is 5.56. The quantitative estimate of drug-likeness (QED) is 0.875. The van der Waals surface area contributed by atoms with Crippen LogP contribution in [-0.4, -0.2) is 28.6 Å². The maximum Gasteiger partial charge on any atom is 0.237 e. The van der Waals surface area contributed by atoms with E-state index in [2.05, 4.69) is 20.3 Å². The van der Waals surface area contributed by atoms with E-state index >= 15 is 0 Å². The SMILES string of the molecule is CCCNC(c1ncccc1F)c1nccnc1OC. The summed E-state index contributed by atoms with van der Waals surface area (Å²) >= 11 is 0. The number of rotatable bonds is 6. The minimum Gasteiger partial charge on any atom is -0.480 e. The summed E-state index contributed by atoms with van der Waals surface area (Å²) in [5.74, 6) is -0.0139. The average Bonchev–Trinajstić information content (AvgIpc) is 2.49. The lowest BCUT2D eigenvalue weighted by Crippen LogP contribution is -2.26. The van der Waals surface area contributed by atoms with Gasteiger partial charge in [0.1, 0.15) is 17.6 Å². The number of pyridine rings is 1. The van der Waals surface area contributed by atoms with Gasteiger partial charge in [-0.2, -0.15) is 0 Å². The topological polar surface area (TPSA) is 59.9 Å². The van der Waals surface area contributed by atoms with Gasteiger partial charge in [-0.15, -0.1) is 0 Å². The Morgan fingerprint density at radius 3 is 2.65 bits per heavy atom. The molecule has 0 aromatic carbocycles. The predicted molar refractivity (Wildman–Crippen MR) is 72.9 cm³/mol. The van der Waals surface area contributed by atoms with Crippen LogP contribution in [0.4, 0.5) is 4.39 Å². The highest BCUT2D eigenvalue weighted by atomic mass is 19.1. The molecule has 5 nitrogen and oxygen atoms in total. The molecule has 6 heteroatoms. The molecular formula is C14H17FN4O. The van der Waals surface area contributed by atoms with E-state index in [4.69, 9.17) is 4.74 Å². The second-order valence-electron chi connectivity index (χ2n) is 4.21. The van der Waals surface area contributed by atoms with Crippen LogP contribution in [-0.2, 0) is 0 Å². The van der Waals surface area contributed by atoms with Gasteiger partial charge in [-0.1, -0.05) is 6.92 Å². The molecule has 0 saturated carbocycles. The Hall–Kier alpha value is -2.08. The van der Waals surface area contributed by atoms with Crippen molar-refractivity contribution >= 4 is 0 Å². The van der Waals surface area contributed by atoms with E-state index in [0.29, 0.717) is 23.8 Å². The van der Waals surface area contributed by atoms with Crippen LogP contribution in [0.15, 0.2) is 30.7 Å². The van der Waals surface area contributed by atoms with Crippen LogP contribution in [0.1, 0.15) is 30.8 Å². The molecule has 0 aliphatic carbocycles. The summed E-state index contributed by atoms with van der Waals surface area (Å²) in [5.41, 5.74) is 0.820. The van der Waals surface area contributed by atoms with Crippen molar-refractivity contribution in [2.45, 2.75) is 19.4 Å². The minimum absolute atomic E-state index is 0.291. The third-order valence-electron chi connectivity index (χ3n) is 2.82. The first kappa shape index (κ1) is 14.3. The zero-order valence-corrected chi connectivity index (χ0v) is 11.5. The molecular weight excluding hydrogens is 259 g/mol. The van der Waals surface area contributed by atoms with Gasteiger partial charge in [-0.05, 0) is 25.1 Å². The Morgan fingerprint density at radius 2 is 1.95 bits per heavy atom. The normalized spacial score (nSPS) is 12.2. The number of hydrogen-bond acceptors (Lipinski definition) is 5. The molecule has 2 aromatic heterocycles. The van der Waals surface area contributed by atoms with Gasteiger partial charge in [0.25, 0.3) is 0 Å². The van der Waals surface area contributed by atoms with Gasteiger partial charge in [-0.25, -0.2) is 9.37 Å². The van der Waals surface area contributed by atoms with Gasteiger partial charge < -0.3 is 10.1 Å². The fourth-order valence-electron chi connectivity index (χ4n) is 1.91. The van der Waals surface area contributed by atoms with Crippen LogP contribution in [0.2, 0.25) is 0 Å². The molecule has 2 aromatic rings. The summed E-state index contributed by atoms with van der Waals surface area (Å²) in [4.78, 5) is 12.5. The molecule has 0 aliphatic rings. The first-order valence-corrected chi connectivity index (χ1v) is 6.46. The molecule has 20 heavy (non-hydrogen) atoms. The fourth-order valence-corrected chi connectivity index (χ4v) is 1.91. The molecule has 2 rings (SSSR count). The second-order valence-corrected chi connectivity index (χ2v) is 4.21. The molecule has 0 spiro atoms. The van der Waals surface area contributed by atoms with Crippen molar-refractivity contribution in [1.82, 2.24) is 20.3 Å². The predicted octanol–water partition coefficient (Wildman–Crippen LogP) is 2.11. The van der Waals surface area contributed by atoms with Crippen LogP contribution >= 0.6 is 0 Å². The number of methoxy groups -OCH3 is 1. The third kappa shape index (κ3) is 3.08. The van der Waals surface area contributed by atoms with Crippen molar-refractivity contribution in [3.8, 4) is 5.88 Å². The smallest absolute Gasteiger partial charge is 0.237 e. The van der Waals surface area contributed by atoms with Crippen molar-refractivity contribution in [3.63, 3.8) is 0 Å². The van der Waals surface area contributed by atoms with Crippen molar-refractivity contribution in [2.24, 2.45) is 0 Å². The van der Waals surface area contributed by atoms with Gasteiger partial charge >= 0.3 is 0 Å². The summed E-state index contributed by atoms with van der Waals surface area (Å²) in [6, 6.07) is 2.45. The second kappa shape index (κ2) is 6.91. The molecule has 1 unspecified atom stereocenters. The van der Waals surface area contributed by atoms with Gasteiger partial charge in [-0.3, -0.25) is 9.97 Å². The maximum atomic E-state index is 14.0. The van der Waals surface area contributed by atoms with Gasteiger partial charge in [0, 0.05) is 18.6 Å². The first-order chi connectivity index (χ1) is 9.77. The molecule has 0 saturated heterocycles. The van der Waals surface area contributed by atoms with E-state index in [9.17, 15) is 4.39 Å². The number of hydrogen-bond donors (Lipinski definition) is 1.